The number of furan rings is 1. The van der Waals surface area contributed by atoms with E-state index < -0.39 is 40.3 Å². The number of nitriles is 1. The van der Waals surface area contributed by atoms with E-state index in [1.165, 1.54) is 12.3 Å². The van der Waals surface area contributed by atoms with Gasteiger partial charge in [0.2, 0.25) is 5.76 Å². The lowest BCUT2D eigenvalue weighted by atomic mass is 10.00. The minimum Gasteiger partial charge on any atom is -0.507 e. The number of hydrazine groups is 1. The standard InChI is InChI=1S/C26H17N3O7/c27-14-20-21(30)11-10-19(22(20)24(31)29-28)25(32)36-26(33)23-18(12-13-34-23)15-6-8-17(9-7-15)35-16-4-2-1-3-5-16/h1-13,30H,28H2,(H,29,31). The molecule has 4 aromatic rings. The number of nitrogens with one attached hydrogen (secondary N) is 1. The minimum atomic E-state index is -1.25. The molecule has 0 saturated carbocycles. The van der Waals surface area contributed by atoms with Crippen LogP contribution >= 0.6 is 0 Å². The van der Waals surface area contributed by atoms with Gasteiger partial charge in [-0.15, -0.1) is 0 Å². The first-order chi connectivity index (χ1) is 17.4. The molecule has 0 atom stereocenters. The quantitative estimate of drug-likeness (QED) is 0.121. The molecular formula is C26H17N3O7. The number of carbonyl (C=O) groups excluding carboxylic acids is 3. The second kappa shape index (κ2) is 10.3. The van der Waals surface area contributed by atoms with E-state index in [1.54, 1.807) is 35.8 Å². The van der Waals surface area contributed by atoms with Crippen LogP contribution in [-0.4, -0.2) is 23.0 Å². The molecule has 0 radical (unpaired) electrons. The van der Waals surface area contributed by atoms with E-state index >= 15 is 0 Å². The SMILES string of the molecule is N#Cc1c(O)ccc(C(=O)OC(=O)c2occc2-c2ccc(Oc3ccccc3)cc2)c1C(=O)NN. The van der Waals surface area contributed by atoms with E-state index in [-0.39, 0.29) is 5.76 Å². The van der Waals surface area contributed by atoms with Crippen molar-refractivity contribution in [3.05, 3.63) is 102 Å². The van der Waals surface area contributed by atoms with Gasteiger partial charge in [0.15, 0.2) is 0 Å². The van der Waals surface area contributed by atoms with Crippen LogP contribution in [0.4, 0.5) is 0 Å². The van der Waals surface area contributed by atoms with E-state index in [9.17, 15) is 24.8 Å². The highest BCUT2D eigenvalue weighted by Gasteiger charge is 2.28. The fraction of sp³-hybridized carbons (Fsp3) is 0. The van der Waals surface area contributed by atoms with Gasteiger partial charge in [-0.3, -0.25) is 10.2 Å². The maximum atomic E-state index is 12.8. The normalized spacial score (nSPS) is 10.2. The number of ether oxygens (including phenoxy) is 2. The van der Waals surface area contributed by atoms with Crippen LogP contribution in [0.5, 0.6) is 17.2 Å². The van der Waals surface area contributed by atoms with Crippen molar-refractivity contribution in [2.45, 2.75) is 0 Å². The second-order valence-electron chi connectivity index (χ2n) is 7.25. The summed E-state index contributed by atoms with van der Waals surface area (Å²) in [5, 5.41) is 19.1. The van der Waals surface area contributed by atoms with Gasteiger partial charge < -0.3 is 19.0 Å². The summed E-state index contributed by atoms with van der Waals surface area (Å²) in [5.74, 6) is 2.14. The second-order valence-corrected chi connectivity index (χ2v) is 7.25. The largest absolute Gasteiger partial charge is 0.507 e. The van der Waals surface area contributed by atoms with Crippen molar-refractivity contribution in [2.24, 2.45) is 5.84 Å². The maximum absolute atomic E-state index is 12.8. The average molecular weight is 483 g/mol. The number of phenols is 1. The number of aromatic hydroxyl groups is 1. The number of para-hydroxylation sites is 1. The third-order valence-corrected chi connectivity index (χ3v) is 5.05. The lowest BCUT2D eigenvalue weighted by Crippen LogP contribution is -2.32. The molecule has 0 aliphatic heterocycles. The Hall–Kier alpha value is -5.40. The molecule has 0 saturated heterocycles. The molecule has 36 heavy (non-hydrogen) atoms. The molecule has 0 unspecified atom stereocenters. The third kappa shape index (κ3) is 4.77. The Morgan fingerprint density at radius 1 is 0.917 bits per heavy atom. The number of hydrogen-bond acceptors (Lipinski definition) is 9. The Bertz CT molecular complexity index is 1490. The summed E-state index contributed by atoms with van der Waals surface area (Å²) in [7, 11) is 0. The Morgan fingerprint density at radius 3 is 2.28 bits per heavy atom. The molecule has 3 aromatic carbocycles. The fourth-order valence-electron chi connectivity index (χ4n) is 3.39. The number of benzene rings is 3. The van der Waals surface area contributed by atoms with E-state index in [4.69, 9.17) is 19.7 Å². The minimum absolute atomic E-state index is 0.260. The van der Waals surface area contributed by atoms with Crippen LogP contribution in [0.2, 0.25) is 0 Å². The summed E-state index contributed by atoms with van der Waals surface area (Å²) in [4.78, 5) is 37.6. The zero-order valence-corrected chi connectivity index (χ0v) is 18.4. The predicted octanol–water partition coefficient (Wildman–Crippen LogP) is 3.92. The lowest BCUT2D eigenvalue weighted by molar-refractivity contribution is 0.0374. The number of amides is 1. The van der Waals surface area contributed by atoms with Gasteiger partial charge in [0.05, 0.1) is 17.4 Å². The molecule has 1 aromatic heterocycles. The van der Waals surface area contributed by atoms with Crippen LogP contribution in [0.3, 0.4) is 0 Å². The van der Waals surface area contributed by atoms with Crippen LogP contribution < -0.4 is 16.0 Å². The number of nitrogen functional groups attached to an aromatic ring is 1. The van der Waals surface area contributed by atoms with Crippen molar-refractivity contribution in [3.8, 4) is 34.4 Å². The smallest absolute Gasteiger partial charge is 0.382 e. The molecule has 1 heterocycles. The van der Waals surface area contributed by atoms with E-state index in [1.807, 2.05) is 30.3 Å². The van der Waals surface area contributed by atoms with E-state index in [0.717, 1.165) is 12.1 Å². The van der Waals surface area contributed by atoms with Gasteiger partial charge in [0.1, 0.15) is 28.9 Å². The van der Waals surface area contributed by atoms with E-state index in [2.05, 4.69) is 0 Å². The summed E-state index contributed by atoms with van der Waals surface area (Å²) in [6.45, 7) is 0. The highest BCUT2D eigenvalue weighted by atomic mass is 16.6. The predicted molar refractivity (Wildman–Crippen MR) is 125 cm³/mol. The Kier molecular flexibility index (Phi) is 6.76. The van der Waals surface area contributed by atoms with Gasteiger partial charge in [0, 0.05) is 5.56 Å². The Labute approximate surface area is 204 Å². The Morgan fingerprint density at radius 2 is 1.61 bits per heavy atom. The van der Waals surface area contributed by atoms with Gasteiger partial charge >= 0.3 is 11.9 Å². The summed E-state index contributed by atoms with van der Waals surface area (Å²) < 4.78 is 15.9. The zero-order valence-electron chi connectivity index (χ0n) is 18.4. The highest BCUT2D eigenvalue weighted by molar-refractivity contribution is 6.11. The summed E-state index contributed by atoms with van der Waals surface area (Å²) in [6, 6.07) is 21.2. The topological polar surface area (TPSA) is 165 Å². The first-order valence-corrected chi connectivity index (χ1v) is 10.4. The van der Waals surface area contributed by atoms with Crippen molar-refractivity contribution in [1.29, 1.82) is 5.26 Å². The molecule has 10 nitrogen and oxygen atoms in total. The molecule has 0 spiro atoms. The first-order valence-electron chi connectivity index (χ1n) is 10.4. The third-order valence-electron chi connectivity index (χ3n) is 5.05. The van der Waals surface area contributed by atoms with Gasteiger partial charge in [-0.2, -0.15) is 5.26 Å². The molecule has 0 aliphatic carbocycles. The van der Waals surface area contributed by atoms with Crippen molar-refractivity contribution < 1.29 is 33.4 Å². The van der Waals surface area contributed by atoms with Gasteiger partial charge in [-0.05, 0) is 48.0 Å². The molecule has 4 N–H and O–H groups in total. The number of phenolic OH excluding ortho intramolecular Hbond substituents is 1. The molecule has 0 bridgehead atoms. The van der Waals surface area contributed by atoms with Crippen LogP contribution in [0, 0.1) is 11.3 Å². The Balaban J connectivity index is 1.56. The number of carbonyl (C=O) groups is 3. The van der Waals surface area contributed by atoms with E-state index in [0.29, 0.717) is 22.6 Å². The van der Waals surface area contributed by atoms with Crippen molar-refractivity contribution >= 4 is 17.8 Å². The van der Waals surface area contributed by atoms with Gasteiger partial charge in [-0.25, -0.2) is 15.4 Å². The van der Waals surface area contributed by atoms with Crippen LogP contribution in [0.15, 0.2) is 83.5 Å². The lowest BCUT2D eigenvalue weighted by Gasteiger charge is -2.10. The molecule has 0 fully saturated rings. The number of esters is 2. The number of rotatable bonds is 6. The maximum Gasteiger partial charge on any atom is 0.382 e. The van der Waals surface area contributed by atoms with Crippen molar-refractivity contribution in [3.63, 3.8) is 0 Å². The van der Waals surface area contributed by atoms with Crippen LogP contribution in [0.1, 0.15) is 36.8 Å². The monoisotopic (exact) mass is 483 g/mol. The molecule has 0 aliphatic rings. The molecule has 4 rings (SSSR count). The van der Waals surface area contributed by atoms with Gasteiger partial charge in [-0.1, -0.05) is 30.3 Å². The highest BCUT2D eigenvalue weighted by Crippen LogP contribution is 2.30. The molecule has 1 amide bonds. The summed E-state index contributed by atoms with van der Waals surface area (Å²) in [6.07, 6.45) is 1.26. The average Bonchev–Trinajstić information content (AvgIpc) is 3.39. The molecular weight excluding hydrogens is 466 g/mol. The van der Waals surface area contributed by atoms with Crippen LogP contribution in [0.25, 0.3) is 11.1 Å². The van der Waals surface area contributed by atoms with Crippen molar-refractivity contribution in [2.75, 3.05) is 0 Å². The number of nitrogens with two attached hydrogens (primary N) is 1. The van der Waals surface area contributed by atoms with Gasteiger partial charge in [0.25, 0.3) is 5.91 Å². The number of hydrogen-bond donors (Lipinski definition) is 3. The van der Waals surface area contributed by atoms with Crippen molar-refractivity contribution in [1.82, 2.24) is 5.43 Å². The molecule has 178 valence electrons. The summed E-state index contributed by atoms with van der Waals surface area (Å²) in [5.41, 5.74) is 1.24. The first kappa shape index (κ1) is 23.7. The summed E-state index contributed by atoms with van der Waals surface area (Å²) >= 11 is 0. The fourth-order valence-corrected chi connectivity index (χ4v) is 3.39. The molecule has 10 heteroatoms. The van der Waals surface area contributed by atoms with Crippen LogP contribution in [-0.2, 0) is 4.74 Å². The number of nitrogens with zero attached hydrogens (tertiary/aromatic N) is 1. The zero-order chi connectivity index (χ0) is 25.7.